The second-order valence-corrected chi connectivity index (χ2v) is 4.94. The molecule has 2 aromatic rings. The lowest BCUT2D eigenvalue weighted by Crippen LogP contribution is -2.26. The Bertz CT molecular complexity index is 544. The molecule has 0 radical (unpaired) electrons. The van der Waals surface area contributed by atoms with E-state index in [1.165, 1.54) is 35.6 Å². The van der Waals surface area contributed by atoms with Crippen molar-refractivity contribution in [2.24, 2.45) is 0 Å². The molecular weight excluding hydrogens is 222 g/mol. The Kier molecular flexibility index (Phi) is 3.20. The maximum atomic E-state index is 5.29. The van der Waals surface area contributed by atoms with Crippen molar-refractivity contribution in [3.05, 3.63) is 42.0 Å². The zero-order chi connectivity index (χ0) is 12.4. The van der Waals surface area contributed by atoms with Crippen LogP contribution < -0.4 is 10.1 Å². The number of methoxy groups -OCH3 is 1. The summed E-state index contributed by atoms with van der Waals surface area (Å²) in [6.07, 6.45) is 3.87. The van der Waals surface area contributed by atoms with Crippen molar-refractivity contribution < 1.29 is 4.74 Å². The fraction of sp³-hybridized carbons (Fsp3) is 0.375. The maximum absolute atomic E-state index is 5.29. The zero-order valence-electron chi connectivity index (χ0n) is 10.8. The Balaban J connectivity index is 2.05. The summed E-state index contributed by atoms with van der Waals surface area (Å²) in [5.74, 6) is 0.927. The molecule has 1 aliphatic heterocycles. The molecule has 0 aromatic heterocycles. The van der Waals surface area contributed by atoms with Crippen LogP contribution in [0.15, 0.2) is 36.4 Å². The lowest BCUT2D eigenvalue weighted by Gasteiger charge is -2.25. The molecule has 94 valence electrons. The van der Waals surface area contributed by atoms with Gasteiger partial charge >= 0.3 is 0 Å². The van der Waals surface area contributed by atoms with Gasteiger partial charge in [0.05, 0.1) is 7.11 Å². The van der Waals surface area contributed by atoms with Crippen LogP contribution in [0.1, 0.15) is 30.9 Å². The van der Waals surface area contributed by atoms with E-state index in [1.807, 2.05) is 0 Å². The molecule has 0 aliphatic carbocycles. The van der Waals surface area contributed by atoms with E-state index in [0.717, 1.165) is 12.3 Å². The van der Waals surface area contributed by atoms with E-state index in [0.29, 0.717) is 6.04 Å². The summed E-state index contributed by atoms with van der Waals surface area (Å²) >= 11 is 0. The number of benzene rings is 2. The van der Waals surface area contributed by atoms with Crippen LogP contribution in [-0.4, -0.2) is 13.7 Å². The molecule has 1 atom stereocenters. The predicted molar refractivity (Wildman–Crippen MR) is 75.1 cm³/mol. The molecule has 1 N–H and O–H groups in total. The van der Waals surface area contributed by atoms with E-state index in [2.05, 4.69) is 41.7 Å². The van der Waals surface area contributed by atoms with Crippen LogP contribution in [0.4, 0.5) is 0 Å². The summed E-state index contributed by atoms with van der Waals surface area (Å²) in [4.78, 5) is 0. The third-order valence-corrected chi connectivity index (χ3v) is 3.81. The van der Waals surface area contributed by atoms with E-state index in [4.69, 9.17) is 4.74 Å². The standard InChI is InChI=1S/C16H19NO/c1-18-13-8-9-14-12(11-13)5-4-6-15(14)16-7-2-3-10-17-16/h4-6,8-9,11,16-17H,2-3,7,10H2,1H3. The molecule has 1 aliphatic rings. The number of fused-ring (bicyclic) bond motifs is 1. The first-order valence-corrected chi connectivity index (χ1v) is 6.68. The van der Waals surface area contributed by atoms with Gasteiger partial charge in [-0.05, 0) is 47.9 Å². The summed E-state index contributed by atoms with van der Waals surface area (Å²) in [7, 11) is 1.72. The van der Waals surface area contributed by atoms with Gasteiger partial charge < -0.3 is 10.1 Å². The zero-order valence-corrected chi connectivity index (χ0v) is 10.8. The van der Waals surface area contributed by atoms with Crippen LogP contribution in [0.25, 0.3) is 10.8 Å². The highest BCUT2D eigenvalue weighted by Gasteiger charge is 2.16. The van der Waals surface area contributed by atoms with Crippen LogP contribution in [0.3, 0.4) is 0 Å². The van der Waals surface area contributed by atoms with E-state index in [-0.39, 0.29) is 0 Å². The fourth-order valence-electron chi connectivity index (χ4n) is 2.83. The molecule has 2 aromatic carbocycles. The molecule has 1 fully saturated rings. The summed E-state index contributed by atoms with van der Waals surface area (Å²) in [6, 6.07) is 13.4. The molecule has 18 heavy (non-hydrogen) atoms. The number of piperidine rings is 1. The van der Waals surface area contributed by atoms with Crippen molar-refractivity contribution in [2.45, 2.75) is 25.3 Å². The SMILES string of the molecule is COc1ccc2c(C3CCCCN3)cccc2c1. The van der Waals surface area contributed by atoms with Crippen molar-refractivity contribution in [3.63, 3.8) is 0 Å². The average molecular weight is 241 g/mol. The third kappa shape index (κ3) is 2.08. The predicted octanol–water partition coefficient (Wildman–Crippen LogP) is 3.66. The Morgan fingerprint density at radius 2 is 2.11 bits per heavy atom. The number of ether oxygens (including phenoxy) is 1. The molecule has 2 heteroatoms. The number of hydrogen-bond donors (Lipinski definition) is 1. The molecule has 2 nitrogen and oxygen atoms in total. The lowest BCUT2D eigenvalue weighted by molar-refractivity contribution is 0.413. The average Bonchev–Trinajstić information content (AvgIpc) is 2.47. The van der Waals surface area contributed by atoms with Crippen molar-refractivity contribution in [3.8, 4) is 5.75 Å². The molecule has 1 unspecified atom stereocenters. The normalized spacial score (nSPS) is 19.9. The van der Waals surface area contributed by atoms with Crippen LogP contribution in [0.5, 0.6) is 5.75 Å². The first-order valence-electron chi connectivity index (χ1n) is 6.68. The molecular formula is C16H19NO. The Morgan fingerprint density at radius 3 is 2.89 bits per heavy atom. The van der Waals surface area contributed by atoms with E-state index < -0.39 is 0 Å². The molecule has 1 heterocycles. The maximum Gasteiger partial charge on any atom is 0.119 e. The molecule has 1 saturated heterocycles. The number of rotatable bonds is 2. The first kappa shape index (κ1) is 11.5. The van der Waals surface area contributed by atoms with Gasteiger partial charge in [0, 0.05) is 6.04 Å². The van der Waals surface area contributed by atoms with Crippen LogP contribution in [0, 0.1) is 0 Å². The molecule has 0 spiro atoms. The second-order valence-electron chi connectivity index (χ2n) is 4.94. The van der Waals surface area contributed by atoms with Gasteiger partial charge in [0.2, 0.25) is 0 Å². The van der Waals surface area contributed by atoms with Gasteiger partial charge in [0.1, 0.15) is 5.75 Å². The van der Waals surface area contributed by atoms with E-state index in [9.17, 15) is 0 Å². The minimum Gasteiger partial charge on any atom is -0.497 e. The van der Waals surface area contributed by atoms with Crippen molar-refractivity contribution >= 4 is 10.8 Å². The van der Waals surface area contributed by atoms with Crippen LogP contribution in [-0.2, 0) is 0 Å². The Morgan fingerprint density at radius 1 is 1.17 bits per heavy atom. The molecule has 0 amide bonds. The highest BCUT2D eigenvalue weighted by atomic mass is 16.5. The highest BCUT2D eigenvalue weighted by Crippen LogP contribution is 2.31. The van der Waals surface area contributed by atoms with E-state index in [1.54, 1.807) is 7.11 Å². The smallest absolute Gasteiger partial charge is 0.119 e. The van der Waals surface area contributed by atoms with Gasteiger partial charge in [0.15, 0.2) is 0 Å². The van der Waals surface area contributed by atoms with Gasteiger partial charge in [-0.2, -0.15) is 0 Å². The van der Waals surface area contributed by atoms with Crippen LogP contribution in [0.2, 0.25) is 0 Å². The molecule has 3 rings (SSSR count). The van der Waals surface area contributed by atoms with Crippen molar-refractivity contribution in [1.29, 1.82) is 0 Å². The topological polar surface area (TPSA) is 21.3 Å². The quantitative estimate of drug-likeness (QED) is 0.866. The monoisotopic (exact) mass is 241 g/mol. The minimum absolute atomic E-state index is 0.510. The number of nitrogens with one attached hydrogen (secondary N) is 1. The van der Waals surface area contributed by atoms with Gasteiger partial charge in [-0.15, -0.1) is 0 Å². The summed E-state index contributed by atoms with van der Waals surface area (Å²) < 4.78 is 5.29. The number of hydrogen-bond acceptors (Lipinski definition) is 2. The van der Waals surface area contributed by atoms with Crippen molar-refractivity contribution in [1.82, 2.24) is 5.32 Å². The van der Waals surface area contributed by atoms with Gasteiger partial charge in [-0.3, -0.25) is 0 Å². The van der Waals surface area contributed by atoms with Crippen LogP contribution >= 0.6 is 0 Å². The Hall–Kier alpha value is -1.54. The summed E-state index contributed by atoms with van der Waals surface area (Å²) in [6.45, 7) is 1.14. The minimum atomic E-state index is 0.510. The molecule has 0 bridgehead atoms. The van der Waals surface area contributed by atoms with Gasteiger partial charge in [0.25, 0.3) is 0 Å². The molecule has 0 saturated carbocycles. The van der Waals surface area contributed by atoms with Crippen molar-refractivity contribution in [2.75, 3.05) is 13.7 Å². The largest absolute Gasteiger partial charge is 0.497 e. The fourth-order valence-corrected chi connectivity index (χ4v) is 2.83. The van der Waals surface area contributed by atoms with Gasteiger partial charge in [-0.25, -0.2) is 0 Å². The Labute approximate surface area is 108 Å². The lowest BCUT2D eigenvalue weighted by atomic mass is 9.93. The first-order chi connectivity index (χ1) is 8.88. The van der Waals surface area contributed by atoms with E-state index >= 15 is 0 Å². The summed E-state index contributed by atoms with van der Waals surface area (Å²) in [5, 5.41) is 6.23. The van der Waals surface area contributed by atoms with Gasteiger partial charge in [-0.1, -0.05) is 30.7 Å². The highest BCUT2D eigenvalue weighted by molar-refractivity contribution is 5.87. The second kappa shape index (κ2) is 4.99. The third-order valence-electron chi connectivity index (χ3n) is 3.81. The summed E-state index contributed by atoms with van der Waals surface area (Å²) in [5.41, 5.74) is 1.43.